The molecule has 0 saturated carbocycles. The van der Waals surface area contributed by atoms with Crippen molar-refractivity contribution in [1.29, 1.82) is 0 Å². The summed E-state index contributed by atoms with van der Waals surface area (Å²) < 4.78 is 15.7. The van der Waals surface area contributed by atoms with Gasteiger partial charge >= 0.3 is 0 Å². The molecule has 1 unspecified atom stereocenters. The van der Waals surface area contributed by atoms with Crippen LogP contribution in [0.25, 0.3) is 22.3 Å². The number of rotatable bonds is 3. The lowest BCUT2D eigenvalue weighted by molar-refractivity contribution is 0.0811. The quantitative estimate of drug-likeness (QED) is 0.572. The highest BCUT2D eigenvalue weighted by Gasteiger charge is 2.39. The molecule has 2 nitrogen and oxygen atoms in total. The first-order valence-corrected chi connectivity index (χ1v) is 10.5. The van der Waals surface area contributed by atoms with Gasteiger partial charge in [0.1, 0.15) is 5.82 Å². The Morgan fingerprint density at radius 3 is 2.00 bits per heavy atom. The molecule has 3 heteroatoms. The highest BCUT2D eigenvalue weighted by Crippen LogP contribution is 2.40. The molecule has 1 heterocycles. The molecule has 0 amide bonds. The van der Waals surface area contributed by atoms with Crippen LogP contribution >= 0.6 is 0 Å². The Morgan fingerprint density at radius 2 is 1.38 bits per heavy atom. The van der Waals surface area contributed by atoms with Crippen molar-refractivity contribution in [3.05, 3.63) is 83.7 Å². The van der Waals surface area contributed by atoms with Crippen LogP contribution in [0.15, 0.2) is 66.7 Å². The van der Waals surface area contributed by atoms with Crippen molar-refractivity contribution >= 4 is 5.78 Å². The van der Waals surface area contributed by atoms with Crippen LogP contribution in [0.1, 0.15) is 35.2 Å². The van der Waals surface area contributed by atoms with Crippen LogP contribution in [0.4, 0.5) is 4.39 Å². The fraction of sp³-hybridized carbons (Fsp3) is 0.269. The molecule has 1 fully saturated rings. The molecular weight excluding hydrogens is 361 g/mol. The Hall–Kier alpha value is -2.78. The Kier molecular flexibility index (Phi) is 4.76. The zero-order valence-electron chi connectivity index (χ0n) is 16.4. The molecule has 3 aromatic rings. The summed E-state index contributed by atoms with van der Waals surface area (Å²) in [6.45, 7) is 1.86. The first-order valence-electron chi connectivity index (χ1n) is 10.5. The van der Waals surface area contributed by atoms with E-state index in [9.17, 15) is 4.79 Å². The molecule has 0 aromatic heterocycles. The van der Waals surface area contributed by atoms with Crippen molar-refractivity contribution < 1.29 is 9.18 Å². The normalized spacial score (nSPS) is 19.3. The second-order valence-electron chi connectivity index (χ2n) is 8.05. The van der Waals surface area contributed by atoms with Gasteiger partial charge in [-0.05, 0) is 55.1 Å². The number of carbonyl (C=O) groups excluding carboxylic acids is 1. The van der Waals surface area contributed by atoms with Gasteiger partial charge < -0.3 is 0 Å². The number of nitrogens with zero attached hydrogens (tertiary/aromatic N) is 1. The van der Waals surface area contributed by atoms with E-state index in [1.165, 1.54) is 6.42 Å². The first kappa shape index (κ1) is 18.3. The van der Waals surface area contributed by atoms with Crippen molar-refractivity contribution in [2.75, 3.05) is 13.1 Å². The number of ketones is 1. The van der Waals surface area contributed by atoms with E-state index < -0.39 is 0 Å². The van der Waals surface area contributed by atoms with E-state index in [0.29, 0.717) is 23.1 Å². The number of carbonyl (C=O) groups is 1. The average Bonchev–Trinajstić information content (AvgIpc) is 3.14. The number of halogens is 1. The topological polar surface area (TPSA) is 20.3 Å². The lowest BCUT2D eigenvalue weighted by atomic mass is 9.91. The predicted octanol–water partition coefficient (Wildman–Crippen LogP) is 5.75. The van der Waals surface area contributed by atoms with Crippen molar-refractivity contribution in [3.8, 4) is 22.3 Å². The summed E-state index contributed by atoms with van der Waals surface area (Å²) in [7, 11) is 0. The summed E-state index contributed by atoms with van der Waals surface area (Å²) >= 11 is 0. The first-order chi connectivity index (χ1) is 14.2. The Morgan fingerprint density at radius 1 is 0.793 bits per heavy atom. The van der Waals surface area contributed by atoms with Crippen molar-refractivity contribution in [2.45, 2.75) is 31.7 Å². The van der Waals surface area contributed by atoms with E-state index in [0.717, 1.165) is 42.6 Å². The lowest BCUT2D eigenvalue weighted by Crippen LogP contribution is -2.42. The number of hydrogen-bond acceptors (Lipinski definition) is 2. The Bertz CT molecular complexity index is 1040. The monoisotopic (exact) mass is 385 g/mol. The summed E-state index contributed by atoms with van der Waals surface area (Å²) in [6.07, 6.45) is 3.92. The summed E-state index contributed by atoms with van der Waals surface area (Å²) in [4.78, 5) is 15.7. The molecule has 29 heavy (non-hydrogen) atoms. The van der Waals surface area contributed by atoms with Crippen LogP contribution in [0.2, 0.25) is 0 Å². The van der Waals surface area contributed by atoms with Crippen LogP contribution in [0, 0.1) is 5.82 Å². The highest BCUT2D eigenvalue weighted by molar-refractivity contribution is 6.10. The third kappa shape index (κ3) is 3.20. The lowest BCUT2D eigenvalue weighted by Gasteiger charge is -2.31. The molecular formula is C26H24FNO. The minimum Gasteiger partial charge on any atom is -0.293 e. The zero-order valence-corrected chi connectivity index (χ0v) is 16.4. The molecule has 3 aromatic carbocycles. The van der Waals surface area contributed by atoms with Crippen molar-refractivity contribution in [3.63, 3.8) is 0 Å². The highest BCUT2D eigenvalue weighted by atomic mass is 19.1. The molecule has 146 valence electrons. The minimum atomic E-state index is -0.237. The smallest absolute Gasteiger partial charge is 0.181 e. The molecule has 2 aliphatic rings. The third-order valence-corrected chi connectivity index (χ3v) is 6.31. The van der Waals surface area contributed by atoms with Crippen LogP contribution in [0.5, 0.6) is 0 Å². The molecule has 1 aliphatic carbocycles. The summed E-state index contributed by atoms with van der Waals surface area (Å²) in [6, 6.07) is 21.2. The third-order valence-electron chi connectivity index (χ3n) is 6.31. The maximum absolute atomic E-state index is 15.7. The largest absolute Gasteiger partial charge is 0.293 e. The van der Waals surface area contributed by atoms with Gasteiger partial charge in [-0.15, -0.1) is 0 Å². The van der Waals surface area contributed by atoms with E-state index in [4.69, 9.17) is 0 Å². The number of piperidine rings is 1. The van der Waals surface area contributed by atoms with Crippen LogP contribution in [-0.4, -0.2) is 29.8 Å². The van der Waals surface area contributed by atoms with Gasteiger partial charge in [0.2, 0.25) is 0 Å². The second kappa shape index (κ2) is 7.57. The van der Waals surface area contributed by atoms with Crippen LogP contribution < -0.4 is 0 Å². The summed E-state index contributed by atoms with van der Waals surface area (Å²) in [5.74, 6) is -0.155. The SMILES string of the molecule is O=C1c2c(-c3ccccc3)cc(-c3ccccc3)c(F)c2CC1N1CCCCC1. The van der Waals surface area contributed by atoms with Gasteiger partial charge in [0.15, 0.2) is 5.78 Å². The fourth-order valence-electron chi connectivity index (χ4n) is 4.84. The number of Topliss-reactive ketones (excluding diaryl/α,β-unsaturated/α-hetero) is 1. The van der Waals surface area contributed by atoms with E-state index in [2.05, 4.69) is 4.90 Å². The van der Waals surface area contributed by atoms with Gasteiger partial charge in [0.25, 0.3) is 0 Å². The van der Waals surface area contributed by atoms with Gasteiger partial charge in [-0.25, -0.2) is 4.39 Å². The van der Waals surface area contributed by atoms with Gasteiger partial charge in [-0.3, -0.25) is 9.69 Å². The molecule has 1 atom stereocenters. The predicted molar refractivity (Wildman–Crippen MR) is 115 cm³/mol. The zero-order chi connectivity index (χ0) is 19.8. The molecule has 0 spiro atoms. The van der Waals surface area contributed by atoms with Crippen molar-refractivity contribution in [1.82, 2.24) is 4.90 Å². The van der Waals surface area contributed by atoms with E-state index >= 15 is 4.39 Å². The standard InChI is InChI=1S/C26H24FNO/c27-25-21(19-12-6-2-7-13-19)16-20(18-10-4-1-5-11-18)24-22(25)17-23(26(24)29)28-14-8-3-9-15-28/h1-2,4-7,10-13,16,23H,3,8-9,14-15,17H2. The van der Waals surface area contributed by atoms with Gasteiger partial charge in [0, 0.05) is 16.7 Å². The van der Waals surface area contributed by atoms with E-state index in [1.54, 1.807) is 0 Å². The van der Waals surface area contributed by atoms with Gasteiger partial charge in [0.05, 0.1) is 6.04 Å². The van der Waals surface area contributed by atoms with Gasteiger partial charge in [-0.1, -0.05) is 67.1 Å². The summed E-state index contributed by atoms with van der Waals surface area (Å²) in [5.41, 5.74) is 4.42. The number of benzene rings is 3. The average molecular weight is 385 g/mol. The van der Waals surface area contributed by atoms with Gasteiger partial charge in [-0.2, -0.15) is 0 Å². The Balaban J connectivity index is 1.68. The molecule has 0 bridgehead atoms. The molecule has 5 rings (SSSR count). The maximum atomic E-state index is 15.7. The number of hydrogen-bond donors (Lipinski definition) is 0. The molecule has 1 saturated heterocycles. The number of likely N-dealkylation sites (tertiary alicyclic amines) is 1. The molecule has 0 N–H and O–H groups in total. The molecule has 1 aliphatic heterocycles. The maximum Gasteiger partial charge on any atom is 0.181 e. The summed E-state index contributed by atoms with van der Waals surface area (Å²) in [5, 5.41) is 0. The Labute approximate surface area is 171 Å². The van der Waals surface area contributed by atoms with Crippen LogP contribution in [0.3, 0.4) is 0 Å². The fourth-order valence-corrected chi connectivity index (χ4v) is 4.84. The number of fused-ring (bicyclic) bond motifs is 1. The molecule has 0 radical (unpaired) electrons. The van der Waals surface area contributed by atoms with E-state index in [1.807, 2.05) is 66.7 Å². The second-order valence-corrected chi connectivity index (χ2v) is 8.05. The van der Waals surface area contributed by atoms with Crippen LogP contribution in [-0.2, 0) is 6.42 Å². The van der Waals surface area contributed by atoms with E-state index in [-0.39, 0.29) is 17.6 Å². The minimum absolute atomic E-state index is 0.0827. The van der Waals surface area contributed by atoms with Crippen molar-refractivity contribution in [2.24, 2.45) is 0 Å².